The number of aromatic nitrogens is 1. The molecule has 0 aliphatic carbocycles. The zero-order valence-electron chi connectivity index (χ0n) is 20.9. The van der Waals surface area contributed by atoms with E-state index in [1.54, 1.807) is 24.3 Å². The van der Waals surface area contributed by atoms with Crippen molar-refractivity contribution < 1.29 is 22.8 Å². The molecule has 1 fully saturated rings. The fourth-order valence-corrected chi connectivity index (χ4v) is 6.47. The fraction of sp³-hybridized carbons (Fsp3) is 0.179. The van der Waals surface area contributed by atoms with E-state index in [1.807, 2.05) is 30.5 Å². The van der Waals surface area contributed by atoms with Crippen LogP contribution in [0.1, 0.15) is 18.9 Å². The molecule has 0 saturated carbocycles. The molecule has 9 nitrogen and oxygen atoms in total. The van der Waals surface area contributed by atoms with E-state index >= 15 is 0 Å². The molecule has 3 amide bonds. The molecule has 39 heavy (non-hydrogen) atoms. The molecule has 200 valence electrons. The van der Waals surface area contributed by atoms with Crippen LogP contribution in [-0.2, 0) is 30.8 Å². The number of nitrogens with zero attached hydrogens (tertiary/aromatic N) is 2. The molecule has 5 rings (SSSR count). The van der Waals surface area contributed by atoms with Crippen LogP contribution < -0.4 is 10.2 Å². The molecule has 1 aliphatic heterocycles. The van der Waals surface area contributed by atoms with Gasteiger partial charge in [0.1, 0.15) is 6.04 Å². The van der Waals surface area contributed by atoms with Gasteiger partial charge in [-0.1, -0.05) is 29.8 Å². The molecule has 1 aliphatic rings. The number of H-pyrrole nitrogens is 1. The van der Waals surface area contributed by atoms with Crippen LogP contribution in [0.4, 0.5) is 11.4 Å². The van der Waals surface area contributed by atoms with Gasteiger partial charge in [-0.05, 0) is 66.6 Å². The standard InChI is InChI=1S/C28H25ClN4O5S/c1-18(34)31-21-8-12-23(13-9-21)39(37,38)32(15-14-19-17-30-25-5-3-2-4-24(19)25)26-16-27(35)33(28(26)36)22-10-6-20(29)7-11-22/h2-13,17,26,30H,14-16H2,1H3,(H,31,34). The quantitative estimate of drug-likeness (QED) is 0.308. The predicted molar refractivity (Wildman–Crippen MR) is 149 cm³/mol. The molecule has 0 spiro atoms. The van der Waals surface area contributed by atoms with Gasteiger partial charge in [-0.3, -0.25) is 14.4 Å². The van der Waals surface area contributed by atoms with Crippen molar-refractivity contribution in [1.29, 1.82) is 0 Å². The Morgan fingerprint density at radius 2 is 1.74 bits per heavy atom. The predicted octanol–water partition coefficient (Wildman–Crippen LogP) is 4.35. The number of benzene rings is 3. The molecule has 2 heterocycles. The monoisotopic (exact) mass is 564 g/mol. The number of halogens is 1. The van der Waals surface area contributed by atoms with E-state index in [1.165, 1.54) is 31.2 Å². The van der Waals surface area contributed by atoms with Gasteiger partial charge in [0.05, 0.1) is 17.0 Å². The minimum atomic E-state index is -4.22. The van der Waals surface area contributed by atoms with Gasteiger partial charge in [0, 0.05) is 41.3 Å². The van der Waals surface area contributed by atoms with E-state index in [9.17, 15) is 22.8 Å². The number of nitrogens with one attached hydrogen (secondary N) is 2. The van der Waals surface area contributed by atoms with E-state index in [4.69, 9.17) is 11.6 Å². The first-order chi connectivity index (χ1) is 18.6. The molecule has 1 aromatic heterocycles. The summed E-state index contributed by atoms with van der Waals surface area (Å²) in [5.74, 6) is -1.41. The Balaban J connectivity index is 1.49. The van der Waals surface area contributed by atoms with Gasteiger partial charge in [-0.25, -0.2) is 13.3 Å². The van der Waals surface area contributed by atoms with Crippen molar-refractivity contribution in [2.24, 2.45) is 0 Å². The number of fused-ring (bicyclic) bond motifs is 1. The maximum Gasteiger partial charge on any atom is 0.252 e. The second kappa shape index (κ2) is 10.6. The zero-order valence-corrected chi connectivity index (χ0v) is 22.5. The summed E-state index contributed by atoms with van der Waals surface area (Å²) in [6.07, 6.45) is 1.84. The smallest absolute Gasteiger partial charge is 0.252 e. The van der Waals surface area contributed by atoms with Crippen LogP contribution in [-0.4, -0.2) is 48.0 Å². The first-order valence-corrected chi connectivity index (χ1v) is 14.0. The number of carbonyl (C=O) groups excluding carboxylic acids is 3. The van der Waals surface area contributed by atoms with Crippen LogP contribution in [0.3, 0.4) is 0 Å². The summed E-state index contributed by atoms with van der Waals surface area (Å²) < 4.78 is 29.0. The highest BCUT2D eigenvalue weighted by Crippen LogP contribution is 2.31. The highest BCUT2D eigenvalue weighted by Gasteiger charge is 2.46. The van der Waals surface area contributed by atoms with Crippen LogP contribution in [0.2, 0.25) is 5.02 Å². The van der Waals surface area contributed by atoms with Crippen molar-refractivity contribution in [3.05, 3.63) is 89.6 Å². The molecule has 1 unspecified atom stereocenters. The third kappa shape index (κ3) is 5.31. The molecule has 11 heteroatoms. The van der Waals surface area contributed by atoms with Crippen LogP contribution in [0, 0.1) is 0 Å². The van der Waals surface area contributed by atoms with Gasteiger partial charge in [-0.15, -0.1) is 0 Å². The highest BCUT2D eigenvalue weighted by atomic mass is 35.5. The molecule has 1 atom stereocenters. The number of sulfonamides is 1. The first kappa shape index (κ1) is 26.6. The Morgan fingerprint density at radius 3 is 2.44 bits per heavy atom. The summed E-state index contributed by atoms with van der Waals surface area (Å²) in [5, 5.41) is 4.00. The SMILES string of the molecule is CC(=O)Nc1ccc(S(=O)(=O)N(CCc2c[nH]c3ccccc23)C2CC(=O)N(c3ccc(Cl)cc3)C2=O)cc1. The largest absolute Gasteiger partial charge is 0.361 e. The number of imide groups is 1. The van der Waals surface area contributed by atoms with Crippen molar-refractivity contribution in [1.82, 2.24) is 9.29 Å². The number of aromatic amines is 1. The number of anilines is 2. The molecule has 0 bridgehead atoms. The minimum Gasteiger partial charge on any atom is -0.361 e. The number of amides is 3. The van der Waals surface area contributed by atoms with Crippen molar-refractivity contribution in [3.8, 4) is 0 Å². The molecule has 0 radical (unpaired) electrons. The summed E-state index contributed by atoms with van der Waals surface area (Å²) in [6, 6.07) is 18.4. The Bertz CT molecular complexity index is 1670. The molecular formula is C28H25ClN4O5S. The number of hydrogen-bond acceptors (Lipinski definition) is 5. The fourth-order valence-electron chi connectivity index (χ4n) is 4.76. The first-order valence-electron chi connectivity index (χ1n) is 12.2. The average Bonchev–Trinajstić information content (AvgIpc) is 3.45. The molecular weight excluding hydrogens is 540 g/mol. The molecule has 3 aromatic carbocycles. The van der Waals surface area contributed by atoms with Crippen LogP contribution in [0.5, 0.6) is 0 Å². The number of rotatable bonds is 8. The summed E-state index contributed by atoms with van der Waals surface area (Å²) in [5.41, 5.74) is 2.56. The summed E-state index contributed by atoms with van der Waals surface area (Å²) in [4.78, 5) is 42.1. The van der Waals surface area contributed by atoms with Crippen molar-refractivity contribution in [2.75, 3.05) is 16.8 Å². The summed E-state index contributed by atoms with van der Waals surface area (Å²) >= 11 is 5.97. The number of carbonyl (C=O) groups is 3. The lowest BCUT2D eigenvalue weighted by Gasteiger charge is -2.27. The van der Waals surface area contributed by atoms with Gasteiger partial charge >= 0.3 is 0 Å². The van der Waals surface area contributed by atoms with E-state index in [2.05, 4.69) is 10.3 Å². The third-order valence-corrected chi connectivity index (χ3v) is 8.79. The molecule has 4 aromatic rings. The second-order valence-electron chi connectivity index (χ2n) is 9.19. The van der Waals surface area contributed by atoms with Crippen LogP contribution in [0.25, 0.3) is 10.9 Å². The van der Waals surface area contributed by atoms with E-state index in [0.717, 1.165) is 25.7 Å². The lowest BCUT2D eigenvalue weighted by Crippen LogP contribution is -2.46. The normalized spacial score (nSPS) is 15.9. The summed E-state index contributed by atoms with van der Waals surface area (Å²) in [6.45, 7) is 1.32. The Morgan fingerprint density at radius 1 is 1.05 bits per heavy atom. The maximum atomic E-state index is 13.9. The molecule has 1 saturated heterocycles. The Hall–Kier alpha value is -3.99. The average molecular weight is 565 g/mol. The van der Waals surface area contributed by atoms with Gasteiger partial charge in [0.25, 0.3) is 5.91 Å². The Kier molecular flexibility index (Phi) is 7.26. The second-order valence-corrected chi connectivity index (χ2v) is 11.5. The van der Waals surface area contributed by atoms with Crippen LogP contribution in [0.15, 0.2) is 83.9 Å². The lowest BCUT2D eigenvalue weighted by molar-refractivity contribution is -0.122. The van der Waals surface area contributed by atoms with E-state index in [0.29, 0.717) is 22.8 Å². The minimum absolute atomic E-state index is 0.0320. The zero-order chi connectivity index (χ0) is 27.7. The number of para-hydroxylation sites is 1. The van der Waals surface area contributed by atoms with Crippen LogP contribution >= 0.6 is 11.6 Å². The maximum absolute atomic E-state index is 13.9. The number of hydrogen-bond donors (Lipinski definition) is 2. The summed E-state index contributed by atoms with van der Waals surface area (Å²) in [7, 11) is -4.22. The van der Waals surface area contributed by atoms with Crippen molar-refractivity contribution in [2.45, 2.75) is 30.7 Å². The van der Waals surface area contributed by atoms with Gasteiger partial charge < -0.3 is 10.3 Å². The molecule has 2 N–H and O–H groups in total. The van der Waals surface area contributed by atoms with Crippen molar-refractivity contribution in [3.63, 3.8) is 0 Å². The van der Waals surface area contributed by atoms with Gasteiger partial charge in [-0.2, -0.15) is 4.31 Å². The van der Waals surface area contributed by atoms with E-state index < -0.39 is 27.9 Å². The highest BCUT2D eigenvalue weighted by molar-refractivity contribution is 7.89. The topological polar surface area (TPSA) is 120 Å². The Labute approximate surface area is 230 Å². The lowest BCUT2D eigenvalue weighted by atomic mass is 10.1. The van der Waals surface area contributed by atoms with Gasteiger partial charge in [0.15, 0.2) is 0 Å². The van der Waals surface area contributed by atoms with E-state index in [-0.39, 0.29) is 23.8 Å². The van der Waals surface area contributed by atoms with Crippen molar-refractivity contribution >= 4 is 61.6 Å². The van der Waals surface area contributed by atoms with Gasteiger partial charge in [0.2, 0.25) is 21.8 Å². The third-order valence-electron chi connectivity index (χ3n) is 6.61.